The molecule has 1 aromatic rings. The molecule has 1 rings (SSSR count). The van der Waals surface area contributed by atoms with Gasteiger partial charge < -0.3 is 10.0 Å². The number of amides is 1. The largest absolute Gasteiger partial charge is 0.389 e. The number of likely N-dealkylation sites (N-methyl/N-ethyl adjacent to an activating group) is 1. The first-order valence-electron chi connectivity index (χ1n) is 7.24. The zero-order chi connectivity index (χ0) is 16.2. The number of hydrogen-bond acceptors (Lipinski definition) is 4. The summed E-state index contributed by atoms with van der Waals surface area (Å²) in [5, 5.41) is 9.80. The highest BCUT2D eigenvalue weighted by atomic mass is 32.1. The average Bonchev–Trinajstić information content (AvgIpc) is 2.70. The van der Waals surface area contributed by atoms with Gasteiger partial charge in [0.05, 0.1) is 5.60 Å². The Kier molecular flexibility index (Phi) is 6.10. The summed E-state index contributed by atoms with van der Waals surface area (Å²) < 4.78 is 0. The number of rotatable bonds is 7. The topological polar surface area (TPSA) is 57.6 Å². The van der Waals surface area contributed by atoms with Crippen molar-refractivity contribution in [3.05, 3.63) is 21.4 Å². The lowest BCUT2D eigenvalue weighted by molar-refractivity contribution is -0.133. The van der Waals surface area contributed by atoms with E-state index >= 15 is 0 Å². The van der Waals surface area contributed by atoms with Gasteiger partial charge >= 0.3 is 0 Å². The van der Waals surface area contributed by atoms with Crippen molar-refractivity contribution in [2.24, 2.45) is 0 Å². The van der Waals surface area contributed by atoms with E-state index in [4.69, 9.17) is 0 Å². The van der Waals surface area contributed by atoms with E-state index in [-0.39, 0.29) is 31.1 Å². The molecule has 1 N–H and O–H groups in total. The number of aliphatic hydroxyl groups is 1. The molecule has 0 aliphatic carbocycles. The zero-order valence-corrected chi connectivity index (χ0v) is 14.3. The molecule has 1 amide bonds. The molecule has 0 atom stereocenters. The van der Waals surface area contributed by atoms with E-state index in [1.54, 1.807) is 30.1 Å². The van der Waals surface area contributed by atoms with Crippen molar-refractivity contribution >= 4 is 23.0 Å². The molecular weight excluding hydrogens is 286 g/mol. The SMILES string of the molecule is CCN(CC(C)(C)O)C(=O)CCC(=O)c1cc(C)sc1C. The monoisotopic (exact) mass is 311 g/mol. The second-order valence-electron chi connectivity index (χ2n) is 5.97. The van der Waals surface area contributed by atoms with Crippen molar-refractivity contribution in [1.82, 2.24) is 4.90 Å². The molecular formula is C16H25NO3S. The summed E-state index contributed by atoms with van der Waals surface area (Å²) in [5.74, 6) is -0.0675. The molecule has 1 heterocycles. The summed E-state index contributed by atoms with van der Waals surface area (Å²) in [6.45, 7) is 9.94. The molecule has 21 heavy (non-hydrogen) atoms. The van der Waals surface area contributed by atoms with Crippen LogP contribution in [0.5, 0.6) is 0 Å². The first-order valence-corrected chi connectivity index (χ1v) is 8.06. The van der Waals surface area contributed by atoms with Crippen LogP contribution in [-0.2, 0) is 4.79 Å². The van der Waals surface area contributed by atoms with Crippen LogP contribution < -0.4 is 0 Å². The minimum absolute atomic E-state index is 0.0181. The molecule has 4 nitrogen and oxygen atoms in total. The normalized spacial score (nSPS) is 11.5. The first kappa shape index (κ1) is 17.9. The van der Waals surface area contributed by atoms with Crippen molar-refractivity contribution in [2.75, 3.05) is 13.1 Å². The Hall–Kier alpha value is -1.20. The fourth-order valence-electron chi connectivity index (χ4n) is 2.26. The Morgan fingerprint density at radius 3 is 2.33 bits per heavy atom. The van der Waals surface area contributed by atoms with E-state index in [9.17, 15) is 14.7 Å². The summed E-state index contributed by atoms with van der Waals surface area (Å²) in [6, 6.07) is 1.89. The van der Waals surface area contributed by atoms with Crippen LogP contribution in [0.3, 0.4) is 0 Å². The van der Waals surface area contributed by atoms with Gasteiger partial charge in [-0.15, -0.1) is 11.3 Å². The number of ketones is 1. The van der Waals surface area contributed by atoms with Crippen molar-refractivity contribution in [2.45, 2.75) is 53.1 Å². The third-order valence-corrected chi connectivity index (χ3v) is 4.19. The number of nitrogens with zero attached hydrogens (tertiary/aromatic N) is 1. The number of thiophene rings is 1. The standard InChI is InChI=1S/C16H25NO3S/c1-6-17(10-16(4,5)20)15(19)8-7-14(18)13-9-11(2)21-12(13)3/h9,20H,6-8,10H2,1-5H3. The molecule has 0 unspecified atom stereocenters. The smallest absolute Gasteiger partial charge is 0.223 e. The Labute approximate surface area is 130 Å². The Bertz CT molecular complexity index is 514. The summed E-state index contributed by atoms with van der Waals surface area (Å²) in [5.41, 5.74) is -0.188. The van der Waals surface area contributed by atoms with Gasteiger partial charge in [0.25, 0.3) is 0 Å². The van der Waals surface area contributed by atoms with Gasteiger partial charge in [0.1, 0.15) is 0 Å². The Morgan fingerprint density at radius 1 is 1.29 bits per heavy atom. The molecule has 1 aromatic heterocycles. The van der Waals surface area contributed by atoms with Crippen LogP contribution >= 0.6 is 11.3 Å². The molecule has 0 aliphatic rings. The van der Waals surface area contributed by atoms with Gasteiger partial charge in [-0.3, -0.25) is 9.59 Å². The van der Waals surface area contributed by atoms with Crippen LogP contribution in [0.15, 0.2) is 6.07 Å². The Balaban J connectivity index is 2.59. The predicted molar refractivity (Wildman–Crippen MR) is 85.9 cm³/mol. The molecule has 0 bridgehead atoms. The maximum Gasteiger partial charge on any atom is 0.223 e. The summed E-state index contributed by atoms with van der Waals surface area (Å²) in [6.07, 6.45) is 0.412. The number of carbonyl (C=O) groups is 2. The number of Topliss-reactive ketones (excluding diaryl/α,β-unsaturated/α-hetero) is 1. The van der Waals surface area contributed by atoms with Crippen molar-refractivity contribution in [3.63, 3.8) is 0 Å². The quantitative estimate of drug-likeness (QED) is 0.788. The highest BCUT2D eigenvalue weighted by Gasteiger charge is 2.22. The van der Waals surface area contributed by atoms with Crippen LogP contribution in [0.2, 0.25) is 0 Å². The number of carbonyl (C=O) groups excluding carboxylic acids is 2. The molecule has 0 aromatic carbocycles. The highest BCUT2D eigenvalue weighted by molar-refractivity contribution is 7.12. The minimum atomic E-state index is -0.920. The van der Waals surface area contributed by atoms with E-state index < -0.39 is 5.60 Å². The molecule has 0 radical (unpaired) electrons. The van der Waals surface area contributed by atoms with E-state index in [0.717, 1.165) is 15.3 Å². The van der Waals surface area contributed by atoms with Crippen LogP contribution in [0.1, 0.15) is 53.7 Å². The molecule has 0 fully saturated rings. The maximum absolute atomic E-state index is 12.2. The van der Waals surface area contributed by atoms with E-state index in [2.05, 4.69) is 0 Å². The maximum atomic E-state index is 12.2. The predicted octanol–water partition coefficient (Wildman–Crippen LogP) is 2.95. The zero-order valence-electron chi connectivity index (χ0n) is 13.5. The fourth-order valence-corrected chi connectivity index (χ4v) is 3.21. The Morgan fingerprint density at radius 2 is 1.90 bits per heavy atom. The van der Waals surface area contributed by atoms with Crippen LogP contribution in [0.4, 0.5) is 0 Å². The molecule has 0 saturated carbocycles. The third-order valence-electron chi connectivity index (χ3n) is 3.22. The second-order valence-corrected chi connectivity index (χ2v) is 7.43. The second kappa shape index (κ2) is 7.18. The summed E-state index contributed by atoms with van der Waals surface area (Å²) in [4.78, 5) is 28.0. The minimum Gasteiger partial charge on any atom is -0.389 e. The van der Waals surface area contributed by atoms with Crippen LogP contribution in [-0.4, -0.2) is 40.4 Å². The van der Waals surface area contributed by atoms with E-state index in [1.165, 1.54) is 0 Å². The van der Waals surface area contributed by atoms with Gasteiger partial charge in [-0.1, -0.05) is 0 Å². The van der Waals surface area contributed by atoms with Crippen molar-refractivity contribution in [1.29, 1.82) is 0 Å². The molecule has 0 saturated heterocycles. The lowest BCUT2D eigenvalue weighted by Gasteiger charge is -2.28. The van der Waals surface area contributed by atoms with Gasteiger partial charge in [-0.2, -0.15) is 0 Å². The summed E-state index contributed by atoms with van der Waals surface area (Å²) in [7, 11) is 0. The van der Waals surface area contributed by atoms with Gasteiger partial charge in [0.15, 0.2) is 5.78 Å². The van der Waals surface area contributed by atoms with Gasteiger partial charge in [0, 0.05) is 41.2 Å². The lowest BCUT2D eigenvalue weighted by atomic mass is 10.1. The van der Waals surface area contributed by atoms with Crippen molar-refractivity contribution < 1.29 is 14.7 Å². The molecule has 0 spiro atoms. The van der Waals surface area contributed by atoms with E-state index in [0.29, 0.717) is 6.54 Å². The number of hydrogen-bond donors (Lipinski definition) is 1. The number of aryl methyl sites for hydroxylation is 2. The van der Waals surface area contributed by atoms with E-state index in [1.807, 2.05) is 26.8 Å². The molecule has 5 heteroatoms. The van der Waals surface area contributed by atoms with Crippen LogP contribution in [0, 0.1) is 13.8 Å². The van der Waals surface area contributed by atoms with Gasteiger partial charge in [-0.25, -0.2) is 0 Å². The third kappa shape index (κ3) is 5.59. The fraction of sp³-hybridized carbons (Fsp3) is 0.625. The van der Waals surface area contributed by atoms with Gasteiger partial charge in [-0.05, 0) is 40.7 Å². The summed E-state index contributed by atoms with van der Waals surface area (Å²) >= 11 is 1.60. The molecule has 118 valence electrons. The first-order chi connectivity index (χ1) is 9.64. The highest BCUT2D eigenvalue weighted by Crippen LogP contribution is 2.22. The van der Waals surface area contributed by atoms with Crippen LogP contribution in [0.25, 0.3) is 0 Å². The van der Waals surface area contributed by atoms with Gasteiger partial charge in [0.2, 0.25) is 5.91 Å². The molecule has 0 aliphatic heterocycles. The average molecular weight is 311 g/mol. The van der Waals surface area contributed by atoms with Crippen molar-refractivity contribution in [3.8, 4) is 0 Å². The lowest BCUT2D eigenvalue weighted by Crippen LogP contribution is -2.42.